The van der Waals surface area contributed by atoms with Crippen LogP contribution in [0.1, 0.15) is 19.4 Å². The summed E-state index contributed by atoms with van der Waals surface area (Å²) in [5, 5.41) is 0. The van der Waals surface area contributed by atoms with E-state index in [9.17, 15) is 0 Å². The molecule has 0 unspecified atom stereocenters. The summed E-state index contributed by atoms with van der Waals surface area (Å²) >= 11 is 0. The van der Waals surface area contributed by atoms with E-state index in [4.69, 9.17) is 0 Å². The van der Waals surface area contributed by atoms with Gasteiger partial charge in [0.05, 0.1) is 0 Å². The molecule has 1 nitrogen and oxygen atoms in total. The summed E-state index contributed by atoms with van der Waals surface area (Å²) in [6.45, 7) is 4.31. The van der Waals surface area contributed by atoms with Gasteiger partial charge >= 0.3 is 0 Å². The number of rotatable bonds is 3. The van der Waals surface area contributed by atoms with Gasteiger partial charge in [0.15, 0.2) is 7.28 Å². The maximum atomic E-state index is 4.08. The molecule has 2 heteroatoms. The van der Waals surface area contributed by atoms with Gasteiger partial charge in [-0.1, -0.05) is 31.2 Å². The van der Waals surface area contributed by atoms with Crippen LogP contribution < -0.4 is 5.46 Å². The third-order valence-electron chi connectivity index (χ3n) is 1.75. The number of hydrogen-bond acceptors (Lipinski definition) is 1. The molecular formula is C9H13BN. The molecule has 0 spiro atoms. The van der Waals surface area contributed by atoms with Crippen molar-refractivity contribution in [3.05, 3.63) is 24.0 Å². The lowest BCUT2D eigenvalue weighted by molar-refractivity contribution is 1.13. The van der Waals surface area contributed by atoms with E-state index in [1.54, 1.807) is 0 Å². The van der Waals surface area contributed by atoms with E-state index in [0.717, 1.165) is 12.7 Å². The molecule has 0 saturated heterocycles. The lowest BCUT2D eigenvalue weighted by Gasteiger charge is -2.02. The van der Waals surface area contributed by atoms with E-state index in [0.29, 0.717) is 0 Å². The molecule has 0 aliphatic carbocycles. The summed E-state index contributed by atoms with van der Waals surface area (Å²) in [5.74, 6) is 0. The Labute approximate surface area is 69.1 Å². The highest BCUT2D eigenvalue weighted by Crippen LogP contribution is 1.94. The average molecular weight is 146 g/mol. The van der Waals surface area contributed by atoms with Crippen molar-refractivity contribution in [1.82, 2.24) is 4.98 Å². The topological polar surface area (TPSA) is 12.9 Å². The Morgan fingerprint density at radius 1 is 1.45 bits per heavy atom. The Morgan fingerprint density at radius 3 is 2.91 bits per heavy atom. The predicted molar refractivity (Wildman–Crippen MR) is 49.5 cm³/mol. The second-order valence-electron chi connectivity index (χ2n) is 2.54. The van der Waals surface area contributed by atoms with E-state index >= 15 is 0 Å². The van der Waals surface area contributed by atoms with Crippen LogP contribution in [0.2, 0.25) is 6.32 Å². The van der Waals surface area contributed by atoms with Crippen LogP contribution in [0.3, 0.4) is 0 Å². The van der Waals surface area contributed by atoms with Crippen LogP contribution in [-0.2, 0) is 6.42 Å². The minimum atomic E-state index is 1.08. The van der Waals surface area contributed by atoms with E-state index in [1.807, 2.05) is 12.4 Å². The first-order valence-corrected chi connectivity index (χ1v) is 4.14. The molecule has 0 aliphatic heterocycles. The molecular weight excluding hydrogens is 133 g/mol. The molecule has 0 saturated carbocycles. The summed E-state index contributed by atoms with van der Waals surface area (Å²) in [4.78, 5) is 4.08. The minimum Gasteiger partial charge on any atom is -0.265 e. The fourth-order valence-corrected chi connectivity index (χ4v) is 1.16. The summed E-state index contributed by atoms with van der Waals surface area (Å²) < 4.78 is 0. The van der Waals surface area contributed by atoms with Crippen molar-refractivity contribution in [3.8, 4) is 0 Å². The highest BCUT2D eigenvalue weighted by atomic mass is 14.6. The van der Waals surface area contributed by atoms with Crippen LogP contribution in [0, 0.1) is 0 Å². The highest BCUT2D eigenvalue weighted by Gasteiger charge is 1.98. The van der Waals surface area contributed by atoms with Gasteiger partial charge in [0.25, 0.3) is 0 Å². The van der Waals surface area contributed by atoms with Gasteiger partial charge in [-0.2, -0.15) is 0 Å². The van der Waals surface area contributed by atoms with Crippen LogP contribution in [0.5, 0.6) is 0 Å². The van der Waals surface area contributed by atoms with Crippen molar-refractivity contribution in [3.63, 3.8) is 0 Å². The van der Waals surface area contributed by atoms with Crippen molar-refractivity contribution >= 4 is 12.7 Å². The van der Waals surface area contributed by atoms with Gasteiger partial charge in [-0.25, -0.2) is 0 Å². The fourth-order valence-electron chi connectivity index (χ4n) is 1.16. The molecule has 0 amide bonds. The first-order valence-electron chi connectivity index (χ1n) is 4.14. The van der Waals surface area contributed by atoms with Crippen molar-refractivity contribution < 1.29 is 0 Å². The average Bonchev–Trinajstić information content (AvgIpc) is 2.06. The molecule has 0 aliphatic rings. The maximum absolute atomic E-state index is 4.08. The van der Waals surface area contributed by atoms with E-state index in [-0.39, 0.29) is 0 Å². The van der Waals surface area contributed by atoms with Gasteiger partial charge in [0.2, 0.25) is 0 Å². The Hall–Kier alpha value is -0.785. The molecule has 0 aromatic carbocycles. The Bertz CT molecular complexity index is 223. The first-order chi connectivity index (χ1) is 5.38. The smallest absolute Gasteiger partial charge is 0.153 e. The van der Waals surface area contributed by atoms with Crippen molar-refractivity contribution in [2.45, 2.75) is 26.6 Å². The third-order valence-corrected chi connectivity index (χ3v) is 1.75. The van der Waals surface area contributed by atoms with Gasteiger partial charge < -0.3 is 0 Å². The van der Waals surface area contributed by atoms with Crippen LogP contribution in [0.4, 0.5) is 0 Å². The van der Waals surface area contributed by atoms with Crippen LogP contribution in [-0.4, -0.2) is 12.3 Å². The molecule has 0 fully saturated rings. The van der Waals surface area contributed by atoms with Crippen molar-refractivity contribution in [2.24, 2.45) is 0 Å². The van der Waals surface area contributed by atoms with E-state index in [1.165, 1.54) is 11.0 Å². The first kappa shape index (κ1) is 8.31. The van der Waals surface area contributed by atoms with Crippen molar-refractivity contribution in [2.75, 3.05) is 0 Å². The van der Waals surface area contributed by atoms with Gasteiger partial charge in [-0.15, -0.1) is 0 Å². The molecule has 0 atom stereocenters. The second kappa shape index (κ2) is 4.17. The quantitative estimate of drug-likeness (QED) is 0.587. The SMILES string of the molecule is CC[B]c1cnccc1CC. The monoisotopic (exact) mass is 146 g/mol. The summed E-state index contributed by atoms with van der Waals surface area (Å²) in [7, 11) is 2.21. The minimum absolute atomic E-state index is 1.08. The highest BCUT2D eigenvalue weighted by molar-refractivity contribution is 6.53. The Balaban J connectivity index is 2.83. The second-order valence-corrected chi connectivity index (χ2v) is 2.54. The molecule has 1 heterocycles. The van der Waals surface area contributed by atoms with Gasteiger partial charge in [0.1, 0.15) is 0 Å². The van der Waals surface area contributed by atoms with Crippen LogP contribution in [0.25, 0.3) is 0 Å². The largest absolute Gasteiger partial charge is 0.265 e. The van der Waals surface area contributed by atoms with Gasteiger partial charge in [0, 0.05) is 12.4 Å². The molecule has 11 heavy (non-hydrogen) atoms. The van der Waals surface area contributed by atoms with E-state index in [2.05, 4.69) is 32.2 Å². The lowest BCUT2D eigenvalue weighted by Crippen LogP contribution is -2.18. The van der Waals surface area contributed by atoms with Gasteiger partial charge in [-0.3, -0.25) is 4.98 Å². The molecule has 57 valence electrons. The normalized spacial score (nSPS) is 9.64. The van der Waals surface area contributed by atoms with Crippen LogP contribution in [0.15, 0.2) is 18.5 Å². The number of aryl methyl sites for hydroxylation is 1. The van der Waals surface area contributed by atoms with E-state index < -0.39 is 0 Å². The molecule has 0 N–H and O–H groups in total. The Kier molecular flexibility index (Phi) is 3.15. The number of nitrogens with zero attached hydrogens (tertiary/aromatic N) is 1. The molecule has 0 bridgehead atoms. The number of pyridine rings is 1. The summed E-state index contributed by atoms with van der Waals surface area (Å²) in [6.07, 6.45) is 5.96. The maximum Gasteiger partial charge on any atom is 0.153 e. The van der Waals surface area contributed by atoms with Crippen molar-refractivity contribution in [1.29, 1.82) is 0 Å². The fraction of sp³-hybridized carbons (Fsp3) is 0.444. The molecule has 1 aromatic rings. The summed E-state index contributed by atoms with van der Waals surface area (Å²) in [6, 6.07) is 2.08. The number of aromatic nitrogens is 1. The van der Waals surface area contributed by atoms with Crippen LogP contribution >= 0.6 is 0 Å². The summed E-state index contributed by atoms with van der Waals surface area (Å²) in [5.41, 5.74) is 2.68. The lowest BCUT2D eigenvalue weighted by atomic mass is 9.66. The van der Waals surface area contributed by atoms with Gasteiger partial charge in [-0.05, 0) is 12.5 Å². The molecule has 1 radical (unpaired) electrons. The zero-order valence-electron chi connectivity index (χ0n) is 7.17. The zero-order valence-corrected chi connectivity index (χ0v) is 7.17. The predicted octanol–water partition coefficient (Wildman–Crippen LogP) is 1.41. The molecule has 1 aromatic heterocycles. The molecule has 1 rings (SSSR count). The standard InChI is InChI=1S/C9H13BN/c1-3-8-5-6-11-7-9(8)10-4-2/h5-7H,3-4H2,1-2H3. The Morgan fingerprint density at radius 2 is 2.27 bits per heavy atom. The number of hydrogen-bond donors (Lipinski definition) is 0. The third kappa shape index (κ3) is 2.07. The zero-order chi connectivity index (χ0) is 8.10.